The Labute approximate surface area is 147 Å². The lowest BCUT2D eigenvalue weighted by Gasteiger charge is -2.09. The molecule has 2 rings (SSSR count). The number of anilines is 1. The van der Waals surface area contributed by atoms with E-state index in [4.69, 9.17) is 9.47 Å². The summed E-state index contributed by atoms with van der Waals surface area (Å²) in [6.07, 6.45) is 2.93. The van der Waals surface area contributed by atoms with Crippen LogP contribution in [0.2, 0.25) is 0 Å². The summed E-state index contributed by atoms with van der Waals surface area (Å²) < 4.78 is 10.3. The molecule has 0 radical (unpaired) electrons. The molecule has 0 spiro atoms. The molecule has 1 amide bonds. The van der Waals surface area contributed by atoms with Gasteiger partial charge in [0.1, 0.15) is 23.6 Å². The molecule has 134 valence electrons. The molecule has 0 aliphatic carbocycles. The highest BCUT2D eigenvalue weighted by molar-refractivity contribution is 5.92. The van der Waals surface area contributed by atoms with Crippen molar-refractivity contribution in [2.24, 2.45) is 0 Å². The number of para-hydroxylation sites is 1. The van der Waals surface area contributed by atoms with Gasteiger partial charge in [0, 0.05) is 32.9 Å². The van der Waals surface area contributed by atoms with Crippen LogP contribution in [0.25, 0.3) is 0 Å². The number of nitrogens with one attached hydrogen (secondary N) is 2. The molecule has 7 heteroatoms. The number of aromatic nitrogens is 2. The van der Waals surface area contributed by atoms with Crippen LogP contribution in [0.5, 0.6) is 5.75 Å². The molecule has 0 atom stereocenters. The molecule has 0 bridgehead atoms. The van der Waals surface area contributed by atoms with E-state index in [-0.39, 0.29) is 5.91 Å². The molecule has 0 saturated heterocycles. The van der Waals surface area contributed by atoms with E-state index >= 15 is 0 Å². The Bertz CT molecular complexity index is 679. The molecule has 7 nitrogen and oxygen atoms in total. The summed E-state index contributed by atoms with van der Waals surface area (Å²) in [4.78, 5) is 20.4. The second kappa shape index (κ2) is 10.2. The largest absolute Gasteiger partial charge is 0.496 e. The maximum atomic E-state index is 12.2. The number of carbonyl (C=O) groups is 1. The molecular formula is C18H24N4O3. The Hall–Kier alpha value is -2.67. The van der Waals surface area contributed by atoms with Gasteiger partial charge in [-0.15, -0.1) is 0 Å². The molecule has 0 unspecified atom stereocenters. The van der Waals surface area contributed by atoms with Gasteiger partial charge in [-0.1, -0.05) is 18.2 Å². The predicted octanol–water partition coefficient (Wildman–Crippen LogP) is 1.91. The summed E-state index contributed by atoms with van der Waals surface area (Å²) in [6, 6.07) is 9.40. The average molecular weight is 344 g/mol. The van der Waals surface area contributed by atoms with E-state index in [1.54, 1.807) is 20.3 Å². The zero-order valence-corrected chi connectivity index (χ0v) is 14.6. The Morgan fingerprint density at radius 1 is 1.16 bits per heavy atom. The molecule has 2 N–H and O–H groups in total. The van der Waals surface area contributed by atoms with Crippen LogP contribution < -0.4 is 15.4 Å². The Morgan fingerprint density at radius 3 is 2.80 bits per heavy atom. The van der Waals surface area contributed by atoms with E-state index in [1.165, 1.54) is 6.33 Å². The number of hydrogen-bond donors (Lipinski definition) is 2. The van der Waals surface area contributed by atoms with Crippen molar-refractivity contribution in [3.8, 4) is 5.75 Å². The van der Waals surface area contributed by atoms with Crippen LogP contribution in [-0.2, 0) is 11.2 Å². The lowest BCUT2D eigenvalue weighted by Crippen LogP contribution is -2.26. The Morgan fingerprint density at radius 2 is 2.00 bits per heavy atom. The van der Waals surface area contributed by atoms with Crippen molar-refractivity contribution < 1.29 is 14.3 Å². The number of carbonyl (C=O) groups excluding carboxylic acids is 1. The molecule has 1 aromatic heterocycles. The number of hydrogen-bond acceptors (Lipinski definition) is 6. The van der Waals surface area contributed by atoms with Gasteiger partial charge in [-0.25, -0.2) is 9.97 Å². The number of benzene rings is 1. The highest BCUT2D eigenvalue weighted by Crippen LogP contribution is 2.17. The van der Waals surface area contributed by atoms with Gasteiger partial charge < -0.3 is 20.1 Å². The Kier molecular flexibility index (Phi) is 7.65. The third-order valence-corrected chi connectivity index (χ3v) is 3.60. The first-order valence-corrected chi connectivity index (χ1v) is 8.19. The molecule has 2 aromatic rings. The fraction of sp³-hybridized carbons (Fsp3) is 0.389. The maximum absolute atomic E-state index is 12.2. The minimum Gasteiger partial charge on any atom is -0.496 e. The summed E-state index contributed by atoms with van der Waals surface area (Å²) in [7, 11) is 3.30. The average Bonchev–Trinajstić information content (AvgIpc) is 2.66. The molecule has 0 aliphatic heterocycles. The van der Waals surface area contributed by atoms with Crippen molar-refractivity contribution >= 4 is 11.7 Å². The van der Waals surface area contributed by atoms with Gasteiger partial charge in [-0.3, -0.25) is 4.79 Å². The van der Waals surface area contributed by atoms with Gasteiger partial charge in [-0.2, -0.15) is 0 Å². The highest BCUT2D eigenvalue weighted by atomic mass is 16.5. The third-order valence-electron chi connectivity index (χ3n) is 3.60. The van der Waals surface area contributed by atoms with Crippen LogP contribution in [0.15, 0.2) is 36.7 Å². The Balaban J connectivity index is 1.84. The number of methoxy groups -OCH3 is 2. The smallest absolute Gasteiger partial charge is 0.270 e. The number of ether oxygens (including phenoxy) is 2. The van der Waals surface area contributed by atoms with Crippen LogP contribution in [0.1, 0.15) is 22.5 Å². The highest BCUT2D eigenvalue weighted by Gasteiger charge is 2.09. The summed E-state index contributed by atoms with van der Waals surface area (Å²) >= 11 is 0. The van der Waals surface area contributed by atoms with Gasteiger partial charge in [0.2, 0.25) is 0 Å². The normalized spacial score (nSPS) is 10.3. The summed E-state index contributed by atoms with van der Waals surface area (Å²) in [5.41, 5.74) is 1.39. The molecule has 0 fully saturated rings. The van der Waals surface area contributed by atoms with E-state index in [0.29, 0.717) is 31.1 Å². The third kappa shape index (κ3) is 6.04. The van der Waals surface area contributed by atoms with Crippen LogP contribution >= 0.6 is 0 Å². The topological polar surface area (TPSA) is 85.4 Å². The van der Waals surface area contributed by atoms with Gasteiger partial charge in [-0.05, 0) is 24.5 Å². The van der Waals surface area contributed by atoms with E-state index < -0.39 is 0 Å². The SMILES string of the molecule is COCCCNc1cc(C(=O)NCCc2ccccc2OC)ncn1. The zero-order valence-electron chi connectivity index (χ0n) is 14.6. The van der Waals surface area contributed by atoms with E-state index in [2.05, 4.69) is 20.6 Å². The zero-order chi connectivity index (χ0) is 17.9. The maximum Gasteiger partial charge on any atom is 0.270 e. The fourth-order valence-corrected chi connectivity index (χ4v) is 2.32. The van der Waals surface area contributed by atoms with E-state index in [0.717, 1.165) is 24.3 Å². The standard InChI is InChI=1S/C18H24N4O3/c1-24-11-5-9-19-17-12-15(21-13-22-17)18(23)20-10-8-14-6-3-4-7-16(14)25-2/h3-4,6-7,12-13H,5,8-11H2,1-2H3,(H,20,23)(H,19,21,22). The predicted molar refractivity (Wildman–Crippen MR) is 96.0 cm³/mol. The molecular weight excluding hydrogens is 320 g/mol. The van der Waals surface area contributed by atoms with Crippen LogP contribution in [0.3, 0.4) is 0 Å². The van der Waals surface area contributed by atoms with Crippen molar-refractivity contribution in [3.63, 3.8) is 0 Å². The molecule has 0 saturated carbocycles. The lowest BCUT2D eigenvalue weighted by molar-refractivity contribution is 0.0949. The fourth-order valence-electron chi connectivity index (χ4n) is 2.32. The van der Waals surface area contributed by atoms with Crippen LogP contribution in [0, 0.1) is 0 Å². The minimum atomic E-state index is -0.225. The first-order valence-electron chi connectivity index (χ1n) is 8.19. The van der Waals surface area contributed by atoms with Crippen molar-refractivity contribution in [1.82, 2.24) is 15.3 Å². The summed E-state index contributed by atoms with van der Waals surface area (Å²) in [5, 5.41) is 6.01. The van der Waals surface area contributed by atoms with Gasteiger partial charge in [0.15, 0.2) is 0 Å². The first kappa shape index (κ1) is 18.7. The molecule has 1 heterocycles. The minimum absolute atomic E-state index is 0.225. The van der Waals surface area contributed by atoms with Crippen molar-refractivity contribution in [3.05, 3.63) is 47.9 Å². The second-order valence-electron chi connectivity index (χ2n) is 5.38. The lowest BCUT2D eigenvalue weighted by atomic mass is 10.1. The van der Waals surface area contributed by atoms with Crippen molar-refractivity contribution in [2.45, 2.75) is 12.8 Å². The van der Waals surface area contributed by atoms with E-state index in [1.807, 2.05) is 24.3 Å². The van der Waals surface area contributed by atoms with Gasteiger partial charge in [0.05, 0.1) is 7.11 Å². The number of nitrogens with zero attached hydrogens (tertiary/aromatic N) is 2. The summed E-state index contributed by atoms with van der Waals surface area (Å²) in [5.74, 6) is 1.22. The first-order chi connectivity index (χ1) is 12.2. The summed E-state index contributed by atoms with van der Waals surface area (Å²) in [6.45, 7) is 1.90. The van der Waals surface area contributed by atoms with Gasteiger partial charge in [0.25, 0.3) is 5.91 Å². The van der Waals surface area contributed by atoms with E-state index in [9.17, 15) is 4.79 Å². The van der Waals surface area contributed by atoms with Crippen LogP contribution in [0.4, 0.5) is 5.82 Å². The second-order valence-corrected chi connectivity index (χ2v) is 5.38. The van der Waals surface area contributed by atoms with Crippen molar-refractivity contribution in [2.75, 3.05) is 39.2 Å². The quantitative estimate of drug-likeness (QED) is 0.641. The number of amides is 1. The van der Waals surface area contributed by atoms with Crippen LogP contribution in [-0.4, -0.2) is 49.8 Å². The number of rotatable bonds is 10. The molecule has 0 aliphatic rings. The molecule has 1 aromatic carbocycles. The van der Waals surface area contributed by atoms with Crippen molar-refractivity contribution in [1.29, 1.82) is 0 Å². The van der Waals surface area contributed by atoms with Gasteiger partial charge >= 0.3 is 0 Å². The molecule has 25 heavy (non-hydrogen) atoms. The monoisotopic (exact) mass is 344 g/mol.